The van der Waals surface area contributed by atoms with Crippen LogP contribution in [0.25, 0.3) is 0 Å². The molecule has 1 aromatic rings. The van der Waals surface area contributed by atoms with Gasteiger partial charge in [-0.05, 0) is 58.7 Å². The molecule has 1 aromatic heterocycles. The number of hydrogen-bond donors (Lipinski definition) is 1. The highest BCUT2D eigenvalue weighted by Crippen LogP contribution is 2.14. The average Bonchev–Trinajstić information content (AvgIpc) is 2.66. The molecule has 21 heavy (non-hydrogen) atoms. The van der Waals surface area contributed by atoms with Crippen LogP contribution in [-0.2, 0) is 6.42 Å². The van der Waals surface area contributed by atoms with Crippen LogP contribution in [0.4, 0.5) is 0 Å². The van der Waals surface area contributed by atoms with Crippen LogP contribution in [0.5, 0.6) is 0 Å². The molecule has 2 atom stereocenters. The molecule has 4 heteroatoms. The van der Waals surface area contributed by atoms with Gasteiger partial charge in [-0.2, -0.15) is 0 Å². The quantitative estimate of drug-likeness (QED) is 0.863. The highest BCUT2D eigenvalue weighted by Gasteiger charge is 2.28. The fourth-order valence-corrected chi connectivity index (χ4v) is 3.16. The fraction of sp³-hybridized carbons (Fsp3) is 0.706. The van der Waals surface area contributed by atoms with Crippen molar-refractivity contribution in [1.82, 2.24) is 20.1 Å². The Morgan fingerprint density at radius 2 is 2.19 bits per heavy atom. The van der Waals surface area contributed by atoms with Crippen molar-refractivity contribution < 1.29 is 0 Å². The largest absolute Gasteiger partial charge is 0.312 e. The summed E-state index contributed by atoms with van der Waals surface area (Å²) < 4.78 is 0. The van der Waals surface area contributed by atoms with Crippen LogP contribution in [0.3, 0.4) is 0 Å². The topological polar surface area (TPSA) is 31.4 Å². The van der Waals surface area contributed by atoms with Crippen LogP contribution in [0, 0.1) is 0 Å². The van der Waals surface area contributed by atoms with E-state index in [1.54, 1.807) is 0 Å². The molecule has 0 amide bonds. The lowest BCUT2D eigenvalue weighted by atomic mass is 10.0. The maximum atomic E-state index is 4.52. The maximum absolute atomic E-state index is 4.52. The minimum absolute atomic E-state index is 0.463. The Bertz CT molecular complexity index is 395. The van der Waals surface area contributed by atoms with Gasteiger partial charge in [-0.25, -0.2) is 0 Å². The Morgan fingerprint density at radius 3 is 2.90 bits per heavy atom. The molecule has 1 aliphatic rings. The SMILES string of the molecule is CCCNC(Cc1ccccn1)C1CN(C)CCCN1C. The minimum Gasteiger partial charge on any atom is -0.312 e. The van der Waals surface area contributed by atoms with Crippen molar-refractivity contribution in [3.05, 3.63) is 30.1 Å². The van der Waals surface area contributed by atoms with E-state index in [4.69, 9.17) is 0 Å². The standard InChI is InChI=1S/C17H30N4/c1-4-9-19-16(13-15-8-5-6-10-18-15)17-14-20(2)11-7-12-21(17)3/h5-6,8,10,16-17,19H,4,7,9,11-14H2,1-3H3. The molecule has 0 aromatic carbocycles. The summed E-state index contributed by atoms with van der Waals surface area (Å²) in [5, 5.41) is 3.76. The molecule has 118 valence electrons. The molecule has 1 aliphatic heterocycles. The molecule has 0 saturated carbocycles. The molecule has 0 spiro atoms. The molecule has 1 saturated heterocycles. The van der Waals surface area contributed by atoms with Crippen LogP contribution in [-0.4, -0.2) is 67.1 Å². The van der Waals surface area contributed by atoms with Crippen molar-refractivity contribution in [2.24, 2.45) is 0 Å². The number of nitrogens with zero attached hydrogens (tertiary/aromatic N) is 3. The van der Waals surface area contributed by atoms with Crippen molar-refractivity contribution in [3.63, 3.8) is 0 Å². The molecular weight excluding hydrogens is 260 g/mol. The first kappa shape index (κ1) is 16.4. The first-order chi connectivity index (χ1) is 10.2. The Labute approximate surface area is 129 Å². The predicted molar refractivity (Wildman–Crippen MR) is 88.6 cm³/mol. The zero-order valence-electron chi connectivity index (χ0n) is 13.8. The second-order valence-corrected chi connectivity index (χ2v) is 6.25. The maximum Gasteiger partial charge on any atom is 0.0419 e. The van der Waals surface area contributed by atoms with Crippen molar-refractivity contribution in [2.75, 3.05) is 40.3 Å². The minimum atomic E-state index is 0.463. The van der Waals surface area contributed by atoms with Crippen molar-refractivity contribution in [2.45, 2.75) is 38.3 Å². The summed E-state index contributed by atoms with van der Waals surface area (Å²) in [5.74, 6) is 0. The van der Waals surface area contributed by atoms with E-state index < -0.39 is 0 Å². The number of aromatic nitrogens is 1. The van der Waals surface area contributed by atoms with Gasteiger partial charge in [-0.3, -0.25) is 4.98 Å². The Kier molecular flexibility index (Phi) is 6.61. The van der Waals surface area contributed by atoms with Crippen molar-refractivity contribution >= 4 is 0 Å². The molecule has 0 radical (unpaired) electrons. The van der Waals surface area contributed by atoms with Crippen LogP contribution in [0.15, 0.2) is 24.4 Å². The summed E-state index contributed by atoms with van der Waals surface area (Å²) in [6.45, 7) is 6.82. The third-order valence-electron chi connectivity index (χ3n) is 4.39. The monoisotopic (exact) mass is 290 g/mol. The summed E-state index contributed by atoms with van der Waals surface area (Å²) in [5.41, 5.74) is 1.19. The molecule has 1 fully saturated rings. The van der Waals surface area contributed by atoms with Crippen molar-refractivity contribution in [3.8, 4) is 0 Å². The second kappa shape index (κ2) is 8.47. The van der Waals surface area contributed by atoms with E-state index in [1.807, 2.05) is 12.3 Å². The second-order valence-electron chi connectivity index (χ2n) is 6.25. The zero-order chi connectivity index (χ0) is 15.1. The molecule has 1 N–H and O–H groups in total. The van der Waals surface area contributed by atoms with Gasteiger partial charge in [-0.1, -0.05) is 13.0 Å². The fourth-order valence-electron chi connectivity index (χ4n) is 3.16. The van der Waals surface area contributed by atoms with Gasteiger partial charge in [0.05, 0.1) is 0 Å². The highest BCUT2D eigenvalue weighted by atomic mass is 15.2. The third kappa shape index (κ3) is 5.06. The predicted octanol–water partition coefficient (Wildman–Crippen LogP) is 1.63. The third-order valence-corrected chi connectivity index (χ3v) is 4.39. The van der Waals surface area contributed by atoms with E-state index in [9.17, 15) is 0 Å². The summed E-state index contributed by atoms with van der Waals surface area (Å²) in [4.78, 5) is 9.51. The number of rotatable bonds is 6. The lowest BCUT2D eigenvalue weighted by Gasteiger charge is -2.35. The summed E-state index contributed by atoms with van der Waals surface area (Å²) in [6.07, 6.45) is 5.33. The van der Waals surface area contributed by atoms with Gasteiger partial charge >= 0.3 is 0 Å². The number of nitrogens with one attached hydrogen (secondary N) is 1. The van der Waals surface area contributed by atoms with E-state index in [0.717, 1.165) is 19.5 Å². The van der Waals surface area contributed by atoms with E-state index in [0.29, 0.717) is 12.1 Å². The zero-order valence-corrected chi connectivity index (χ0v) is 13.8. The average molecular weight is 290 g/mol. The van der Waals surface area contributed by atoms with Crippen LogP contribution in [0.2, 0.25) is 0 Å². The van der Waals surface area contributed by atoms with Gasteiger partial charge in [0, 0.05) is 36.9 Å². The van der Waals surface area contributed by atoms with Crippen LogP contribution < -0.4 is 5.32 Å². The first-order valence-electron chi connectivity index (χ1n) is 8.22. The summed E-state index contributed by atoms with van der Waals surface area (Å²) >= 11 is 0. The Morgan fingerprint density at radius 1 is 1.33 bits per heavy atom. The Hall–Kier alpha value is -0.970. The molecule has 2 heterocycles. The first-order valence-corrected chi connectivity index (χ1v) is 8.22. The molecule has 4 nitrogen and oxygen atoms in total. The number of likely N-dealkylation sites (N-methyl/N-ethyl adjacent to an activating group) is 2. The van der Waals surface area contributed by atoms with E-state index >= 15 is 0 Å². The smallest absolute Gasteiger partial charge is 0.0419 e. The molecular formula is C17H30N4. The van der Waals surface area contributed by atoms with Crippen LogP contribution in [0.1, 0.15) is 25.5 Å². The molecule has 2 unspecified atom stereocenters. The van der Waals surface area contributed by atoms with Crippen molar-refractivity contribution in [1.29, 1.82) is 0 Å². The normalized spacial score (nSPS) is 22.9. The van der Waals surface area contributed by atoms with Gasteiger partial charge in [0.2, 0.25) is 0 Å². The van der Waals surface area contributed by atoms with Gasteiger partial charge in [0.15, 0.2) is 0 Å². The van der Waals surface area contributed by atoms with Gasteiger partial charge in [0.1, 0.15) is 0 Å². The van der Waals surface area contributed by atoms with Crippen LogP contribution >= 0.6 is 0 Å². The highest BCUT2D eigenvalue weighted by molar-refractivity contribution is 5.07. The summed E-state index contributed by atoms with van der Waals surface area (Å²) in [6, 6.07) is 7.23. The number of hydrogen-bond acceptors (Lipinski definition) is 4. The Balaban J connectivity index is 2.09. The number of pyridine rings is 1. The molecule has 2 rings (SSSR count). The van der Waals surface area contributed by atoms with Gasteiger partial charge in [0.25, 0.3) is 0 Å². The van der Waals surface area contributed by atoms with Gasteiger partial charge in [-0.15, -0.1) is 0 Å². The lowest BCUT2D eigenvalue weighted by Crippen LogP contribution is -2.53. The lowest BCUT2D eigenvalue weighted by molar-refractivity contribution is 0.176. The van der Waals surface area contributed by atoms with E-state index in [1.165, 1.54) is 31.6 Å². The van der Waals surface area contributed by atoms with E-state index in [2.05, 4.69) is 53.3 Å². The summed E-state index contributed by atoms with van der Waals surface area (Å²) in [7, 11) is 4.51. The van der Waals surface area contributed by atoms with Gasteiger partial charge < -0.3 is 15.1 Å². The molecule has 0 bridgehead atoms. The van der Waals surface area contributed by atoms with E-state index in [-0.39, 0.29) is 0 Å². The molecule has 0 aliphatic carbocycles.